The Bertz CT molecular complexity index is 645. The molecule has 0 aliphatic carbocycles. The molecule has 0 fully saturated rings. The van der Waals surface area contributed by atoms with Gasteiger partial charge in [-0.25, -0.2) is 0 Å². The van der Waals surface area contributed by atoms with Crippen LogP contribution in [0.5, 0.6) is 0 Å². The standard InChI is InChI=1S/C16H11BrO3/c17-13-8-6-12(7-9-13)16(20)15(19)10-14(18)11-4-2-1-3-5-11/h1-9H,10H2. The highest BCUT2D eigenvalue weighted by Gasteiger charge is 2.20. The second kappa shape index (κ2) is 6.39. The van der Waals surface area contributed by atoms with Crippen LogP contribution in [0.15, 0.2) is 59.1 Å². The summed E-state index contributed by atoms with van der Waals surface area (Å²) in [5.74, 6) is -1.68. The van der Waals surface area contributed by atoms with Gasteiger partial charge in [-0.15, -0.1) is 0 Å². The van der Waals surface area contributed by atoms with Gasteiger partial charge in [-0.05, 0) is 24.3 Å². The molecule has 0 amide bonds. The zero-order valence-electron chi connectivity index (χ0n) is 10.5. The first-order valence-electron chi connectivity index (χ1n) is 5.99. The van der Waals surface area contributed by atoms with E-state index in [1.807, 2.05) is 0 Å². The van der Waals surface area contributed by atoms with Crippen molar-refractivity contribution in [1.82, 2.24) is 0 Å². The van der Waals surface area contributed by atoms with Crippen LogP contribution in [-0.4, -0.2) is 17.3 Å². The van der Waals surface area contributed by atoms with Gasteiger partial charge in [0.15, 0.2) is 5.78 Å². The fraction of sp³-hybridized carbons (Fsp3) is 0.0625. The summed E-state index contributed by atoms with van der Waals surface area (Å²) in [6.07, 6.45) is -0.404. The topological polar surface area (TPSA) is 51.2 Å². The van der Waals surface area contributed by atoms with E-state index in [1.54, 1.807) is 54.6 Å². The maximum atomic E-state index is 11.9. The molecular weight excluding hydrogens is 320 g/mol. The summed E-state index contributed by atoms with van der Waals surface area (Å²) in [7, 11) is 0. The third kappa shape index (κ3) is 3.48. The monoisotopic (exact) mass is 330 g/mol. The van der Waals surface area contributed by atoms with Crippen LogP contribution in [0.2, 0.25) is 0 Å². The Morgan fingerprint density at radius 3 is 2.00 bits per heavy atom. The van der Waals surface area contributed by atoms with Crippen LogP contribution in [-0.2, 0) is 4.79 Å². The lowest BCUT2D eigenvalue weighted by Crippen LogP contribution is -2.18. The molecule has 0 aliphatic heterocycles. The molecule has 0 atom stereocenters. The molecule has 0 saturated carbocycles. The van der Waals surface area contributed by atoms with E-state index in [2.05, 4.69) is 15.9 Å². The zero-order chi connectivity index (χ0) is 14.5. The largest absolute Gasteiger partial charge is 0.294 e. The van der Waals surface area contributed by atoms with E-state index in [9.17, 15) is 14.4 Å². The van der Waals surface area contributed by atoms with Gasteiger partial charge in [0.1, 0.15) is 0 Å². The van der Waals surface area contributed by atoms with Gasteiger partial charge < -0.3 is 0 Å². The molecule has 20 heavy (non-hydrogen) atoms. The van der Waals surface area contributed by atoms with Gasteiger partial charge in [0, 0.05) is 15.6 Å². The normalized spacial score (nSPS) is 10.1. The van der Waals surface area contributed by atoms with Crippen LogP contribution in [0.1, 0.15) is 27.1 Å². The van der Waals surface area contributed by atoms with Crippen LogP contribution in [0.4, 0.5) is 0 Å². The van der Waals surface area contributed by atoms with E-state index < -0.39 is 18.0 Å². The molecule has 0 aromatic heterocycles. The summed E-state index contributed by atoms with van der Waals surface area (Å²) in [5, 5.41) is 0. The number of halogens is 1. The number of Topliss-reactive ketones (excluding diaryl/α,β-unsaturated/α-hetero) is 3. The van der Waals surface area contributed by atoms with E-state index in [4.69, 9.17) is 0 Å². The average Bonchev–Trinajstić information content (AvgIpc) is 2.48. The highest BCUT2D eigenvalue weighted by Crippen LogP contribution is 2.12. The predicted molar refractivity (Wildman–Crippen MR) is 78.9 cm³/mol. The van der Waals surface area contributed by atoms with Gasteiger partial charge in [0.25, 0.3) is 0 Å². The Morgan fingerprint density at radius 2 is 1.40 bits per heavy atom. The van der Waals surface area contributed by atoms with Crippen LogP contribution < -0.4 is 0 Å². The van der Waals surface area contributed by atoms with Gasteiger partial charge in [-0.3, -0.25) is 14.4 Å². The maximum absolute atomic E-state index is 11.9. The summed E-state index contributed by atoms with van der Waals surface area (Å²) in [6, 6.07) is 14.9. The van der Waals surface area contributed by atoms with E-state index in [0.717, 1.165) is 4.47 Å². The SMILES string of the molecule is O=C(CC(=O)c1ccccc1)C(=O)c1ccc(Br)cc1. The number of rotatable bonds is 5. The number of carbonyl (C=O) groups is 3. The molecule has 0 radical (unpaired) electrons. The minimum atomic E-state index is -0.693. The van der Waals surface area contributed by atoms with Crippen molar-refractivity contribution in [1.29, 1.82) is 0 Å². The smallest absolute Gasteiger partial charge is 0.229 e. The lowest BCUT2D eigenvalue weighted by molar-refractivity contribution is -0.114. The van der Waals surface area contributed by atoms with Crippen molar-refractivity contribution >= 4 is 33.3 Å². The minimum absolute atomic E-state index is 0.291. The van der Waals surface area contributed by atoms with Crippen LogP contribution >= 0.6 is 15.9 Å². The van der Waals surface area contributed by atoms with Gasteiger partial charge in [0.05, 0.1) is 6.42 Å². The Hall–Kier alpha value is -2.07. The lowest BCUT2D eigenvalue weighted by Gasteiger charge is -2.01. The number of hydrogen-bond acceptors (Lipinski definition) is 3. The molecule has 0 spiro atoms. The van der Waals surface area contributed by atoms with Gasteiger partial charge in [-0.2, -0.15) is 0 Å². The number of benzene rings is 2. The third-order valence-electron chi connectivity index (χ3n) is 2.78. The van der Waals surface area contributed by atoms with Gasteiger partial charge in [-0.1, -0.05) is 46.3 Å². The Kier molecular flexibility index (Phi) is 4.58. The summed E-state index contributed by atoms with van der Waals surface area (Å²) < 4.78 is 0.821. The van der Waals surface area contributed by atoms with Crippen molar-refractivity contribution < 1.29 is 14.4 Å². The van der Waals surface area contributed by atoms with Crippen LogP contribution in [0.3, 0.4) is 0 Å². The molecule has 0 N–H and O–H groups in total. The van der Waals surface area contributed by atoms with Crippen molar-refractivity contribution in [2.45, 2.75) is 6.42 Å². The van der Waals surface area contributed by atoms with Crippen molar-refractivity contribution in [3.8, 4) is 0 Å². The molecule has 0 bridgehead atoms. The summed E-state index contributed by atoms with van der Waals surface area (Å²) >= 11 is 3.25. The molecule has 0 heterocycles. The number of hydrogen-bond donors (Lipinski definition) is 0. The Labute approximate surface area is 124 Å². The van der Waals surface area contributed by atoms with Gasteiger partial charge in [0.2, 0.25) is 11.6 Å². The summed E-state index contributed by atoms with van der Waals surface area (Å²) in [4.78, 5) is 35.6. The molecule has 2 rings (SSSR count). The highest BCUT2D eigenvalue weighted by atomic mass is 79.9. The van der Waals surface area contributed by atoms with Crippen molar-refractivity contribution in [2.75, 3.05) is 0 Å². The Balaban J connectivity index is 2.07. The van der Waals surface area contributed by atoms with E-state index >= 15 is 0 Å². The van der Waals surface area contributed by atoms with Crippen LogP contribution in [0, 0.1) is 0 Å². The zero-order valence-corrected chi connectivity index (χ0v) is 12.1. The maximum Gasteiger partial charge on any atom is 0.229 e. The second-order valence-corrected chi connectivity index (χ2v) is 5.14. The molecule has 0 unspecified atom stereocenters. The summed E-state index contributed by atoms with van der Waals surface area (Å²) in [6.45, 7) is 0. The highest BCUT2D eigenvalue weighted by molar-refractivity contribution is 9.10. The number of ketones is 3. The van der Waals surface area contributed by atoms with Crippen LogP contribution in [0.25, 0.3) is 0 Å². The van der Waals surface area contributed by atoms with Gasteiger partial charge >= 0.3 is 0 Å². The predicted octanol–water partition coefficient (Wildman–Crippen LogP) is 3.47. The van der Waals surface area contributed by atoms with E-state index in [-0.39, 0.29) is 5.78 Å². The number of carbonyl (C=O) groups excluding carboxylic acids is 3. The Morgan fingerprint density at radius 1 is 0.800 bits per heavy atom. The minimum Gasteiger partial charge on any atom is -0.294 e. The molecule has 2 aromatic rings. The third-order valence-corrected chi connectivity index (χ3v) is 3.31. The lowest BCUT2D eigenvalue weighted by atomic mass is 10.0. The molecule has 100 valence electrons. The molecule has 4 heteroatoms. The average molecular weight is 331 g/mol. The fourth-order valence-electron chi connectivity index (χ4n) is 1.71. The first-order chi connectivity index (χ1) is 9.58. The molecule has 0 saturated heterocycles. The molecule has 0 aliphatic rings. The van der Waals surface area contributed by atoms with E-state index in [1.165, 1.54) is 0 Å². The van der Waals surface area contributed by atoms with Crippen molar-refractivity contribution in [2.24, 2.45) is 0 Å². The first-order valence-corrected chi connectivity index (χ1v) is 6.78. The van der Waals surface area contributed by atoms with Crippen molar-refractivity contribution in [3.63, 3.8) is 0 Å². The first kappa shape index (κ1) is 14.3. The molecule has 2 aromatic carbocycles. The summed E-state index contributed by atoms with van der Waals surface area (Å²) in [5.41, 5.74) is 0.725. The van der Waals surface area contributed by atoms with Crippen molar-refractivity contribution in [3.05, 3.63) is 70.2 Å². The molecular formula is C16H11BrO3. The second-order valence-electron chi connectivity index (χ2n) is 4.23. The van der Waals surface area contributed by atoms with E-state index in [0.29, 0.717) is 11.1 Å². The quantitative estimate of drug-likeness (QED) is 0.479. The fourth-order valence-corrected chi connectivity index (χ4v) is 1.98. The molecule has 3 nitrogen and oxygen atoms in total.